The maximum Gasteiger partial charge on any atom is 0.234 e. The molecule has 1 aliphatic heterocycles. The lowest BCUT2D eigenvalue weighted by Gasteiger charge is -2.29. The SMILES string of the molecule is CC(NC(=O)CN(Cc1ccc2c(c1)OCO2)C1CCCC1)c1ccccc1. The van der Waals surface area contributed by atoms with Gasteiger partial charge in [0.15, 0.2) is 11.5 Å². The molecule has 1 unspecified atom stereocenters. The first-order chi connectivity index (χ1) is 13.7. The zero-order chi connectivity index (χ0) is 19.3. The third-order valence-corrected chi connectivity index (χ3v) is 5.69. The molecule has 5 heteroatoms. The molecular weight excluding hydrogens is 352 g/mol. The molecule has 0 spiro atoms. The van der Waals surface area contributed by atoms with Gasteiger partial charge in [-0.25, -0.2) is 0 Å². The summed E-state index contributed by atoms with van der Waals surface area (Å²) in [6.07, 6.45) is 4.80. The van der Waals surface area contributed by atoms with E-state index in [1.807, 2.05) is 49.4 Å². The van der Waals surface area contributed by atoms with Crippen LogP contribution >= 0.6 is 0 Å². The monoisotopic (exact) mass is 380 g/mol. The van der Waals surface area contributed by atoms with Crippen LogP contribution in [0.15, 0.2) is 48.5 Å². The van der Waals surface area contributed by atoms with Crippen LogP contribution in [0.3, 0.4) is 0 Å². The number of amides is 1. The van der Waals surface area contributed by atoms with Gasteiger partial charge >= 0.3 is 0 Å². The van der Waals surface area contributed by atoms with Crippen molar-refractivity contribution in [2.24, 2.45) is 0 Å². The molecule has 5 nitrogen and oxygen atoms in total. The minimum absolute atomic E-state index is 0.00433. The molecule has 1 heterocycles. The molecule has 2 aromatic rings. The summed E-state index contributed by atoms with van der Waals surface area (Å²) in [5, 5.41) is 3.15. The lowest BCUT2D eigenvalue weighted by atomic mass is 10.1. The summed E-state index contributed by atoms with van der Waals surface area (Å²) in [5.74, 6) is 1.67. The largest absolute Gasteiger partial charge is 0.454 e. The predicted molar refractivity (Wildman–Crippen MR) is 108 cm³/mol. The van der Waals surface area contributed by atoms with E-state index in [9.17, 15) is 4.79 Å². The third-order valence-electron chi connectivity index (χ3n) is 5.69. The first-order valence-corrected chi connectivity index (χ1v) is 10.2. The third kappa shape index (κ3) is 4.47. The molecule has 4 rings (SSSR count). The highest BCUT2D eigenvalue weighted by Crippen LogP contribution is 2.33. The standard InChI is InChI=1S/C23H28N2O3/c1-17(19-7-3-2-4-8-19)24-23(26)15-25(20-9-5-6-10-20)14-18-11-12-21-22(13-18)28-16-27-21/h2-4,7-8,11-13,17,20H,5-6,9-10,14-16H2,1H3,(H,24,26). The van der Waals surface area contributed by atoms with Crippen LogP contribution in [0.2, 0.25) is 0 Å². The van der Waals surface area contributed by atoms with Gasteiger partial charge in [-0.1, -0.05) is 49.2 Å². The fourth-order valence-electron chi connectivity index (χ4n) is 4.15. The molecule has 1 saturated carbocycles. The van der Waals surface area contributed by atoms with Crippen molar-refractivity contribution in [3.63, 3.8) is 0 Å². The van der Waals surface area contributed by atoms with Gasteiger partial charge in [0, 0.05) is 12.6 Å². The number of fused-ring (bicyclic) bond motifs is 1. The Bertz CT molecular complexity index is 803. The van der Waals surface area contributed by atoms with Crippen molar-refractivity contribution in [3.8, 4) is 11.5 Å². The Hall–Kier alpha value is -2.53. The summed E-state index contributed by atoms with van der Waals surface area (Å²) in [7, 11) is 0. The summed E-state index contributed by atoms with van der Waals surface area (Å²) in [6, 6.07) is 16.6. The topological polar surface area (TPSA) is 50.8 Å². The van der Waals surface area contributed by atoms with Gasteiger partial charge < -0.3 is 14.8 Å². The second-order valence-corrected chi connectivity index (χ2v) is 7.73. The molecule has 2 aliphatic rings. The molecule has 148 valence electrons. The summed E-state index contributed by atoms with van der Waals surface area (Å²) < 4.78 is 10.9. The Kier molecular flexibility index (Phi) is 5.81. The Morgan fingerprint density at radius 2 is 1.86 bits per heavy atom. The van der Waals surface area contributed by atoms with Crippen LogP contribution in [0, 0.1) is 0 Å². The number of rotatable bonds is 7. The molecule has 2 aromatic carbocycles. The Labute approximate surface area is 166 Å². The molecule has 1 atom stereocenters. The predicted octanol–water partition coefficient (Wildman–Crippen LogP) is 4.04. The number of carbonyl (C=O) groups is 1. The first-order valence-electron chi connectivity index (χ1n) is 10.2. The van der Waals surface area contributed by atoms with Crippen LogP contribution in [-0.4, -0.2) is 30.2 Å². The van der Waals surface area contributed by atoms with Crippen molar-refractivity contribution in [3.05, 3.63) is 59.7 Å². The van der Waals surface area contributed by atoms with Crippen LogP contribution in [0.25, 0.3) is 0 Å². The molecular formula is C23H28N2O3. The van der Waals surface area contributed by atoms with E-state index >= 15 is 0 Å². The van der Waals surface area contributed by atoms with Gasteiger partial charge in [0.25, 0.3) is 0 Å². The molecule has 1 aliphatic carbocycles. The molecule has 0 saturated heterocycles. The lowest BCUT2D eigenvalue weighted by molar-refractivity contribution is -0.123. The van der Waals surface area contributed by atoms with Crippen molar-refractivity contribution in [2.45, 2.75) is 51.2 Å². The van der Waals surface area contributed by atoms with Crippen LogP contribution in [-0.2, 0) is 11.3 Å². The normalized spacial score (nSPS) is 17.1. The second kappa shape index (κ2) is 8.65. The minimum Gasteiger partial charge on any atom is -0.454 e. The first kappa shape index (κ1) is 18.8. The molecule has 0 aromatic heterocycles. The number of carbonyl (C=O) groups excluding carboxylic acids is 1. The van der Waals surface area contributed by atoms with Crippen molar-refractivity contribution in [1.29, 1.82) is 0 Å². The average molecular weight is 380 g/mol. The summed E-state index contributed by atoms with van der Waals surface area (Å²) in [4.78, 5) is 15.1. The number of hydrogen-bond donors (Lipinski definition) is 1. The zero-order valence-corrected chi connectivity index (χ0v) is 16.4. The van der Waals surface area contributed by atoms with E-state index in [0.29, 0.717) is 12.6 Å². The van der Waals surface area contributed by atoms with Crippen LogP contribution in [0.1, 0.15) is 49.8 Å². The summed E-state index contributed by atoms with van der Waals surface area (Å²) in [5.41, 5.74) is 2.28. The molecule has 28 heavy (non-hydrogen) atoms. The lowest BCUT2D eigenvalue weighted by Crippen LogP contribution is -2.42. The quantitative estimate of drug-likeness (QED) is 0.788. The van der Waals surface area contributed by atoms with Crippen LogP contribution in [0.5, 0.6) is 11.5 Å². The van der Waals surface area contributed by atoms with E-state index in [0.717, 1.165) is 42.0 Å². The van der Waals surface area contributed by atoms with E-state index in [-0.39, 0.29) is 18.7 Å². The summed E-state index contributed by atoms with van der Waals surface area (Å²) in [6.45, 7) is 3.47. The van der Waals surface area contributed by atoms with Gasteiger partial charge in [0.1, 0.15) is 0 Å². The highest BCUT2D eigenvalue weighted by molar-refractivity contribution is 5.78. The van der Waals surface area contributed by atoms with E-state index < -0.39 is 0 Å². The van der Waals surface area contributed by atoms with E-state index in [2.05, 4.69) is 16.3 Å². The Morgan fingerprint density at radius 3 is 2.64 bits per heavy atom. The Balaban J connectivity index is 1.42. The number of nitrogens with one attached hydrogen (secondary N) is 1. The molecule has 1 N–H and O–H groups in total. The fraction of sp³-hybridized carbons (Fsp3) is 0.435. The molecule has 0 radical (unpaired) electrons. The van der Waals surface area contributed by atoms with Gasteiger partial charge in [-0.3, -0.25) is 9.69 Å². The van der Waals surface area contributed by atoms with Gasteiger partial charge in [0.05, 0.1) is 12.6 Å². The van der Waals surface area contributed by atoms with Gasteiger partial charge in [0.2, 0.25) is 12.7 Å². The average Bonchev–Trinajstić information content (AvgIpc) is 3.39. The highest BCUT2D eigenvalue weighted by atomic mass is 16.7. The maximum absolute atomic E-state index is 12.8. The molecule has 0 bridgehead atoms. The van der Waals surface area contributed by atoms with Crippen molar-refractivity contribution in [1.82, 2.24) is 10.2 Å². The number of benzene rings is 2. The number of nitrogens with zero attached hydrogens (tertiary/aromatic N) is 1. The van der Waals surface area contributed by atoms with Gasteiger partial charge in [-0.05, 0) is 43.0 Å². The summed E-state index contributed by atoms with van der Waals surface area (Å²) >= 11 is 0. The van der Waals surface area contributed by atoms with Crippen LogP contribution < -0.4 is 14.8 Å². The van der Waals surface area contributed by atoms with E-state index in [4.69, 9.17) is 9.47 Å². The van der Waals surface area contributed by atoms with Gasteiger partial charge in [-0.2, -0.15) is 0 Å². The van der Waals surface area contributed by atoms with Crippen molar-refractivity contribution >= 4 is 5.91 Å². The fourth-order valence-corrected chi connectivity index (χ4v) is 4.15. The maximum atomic E-state index is 12.8. The highest BCUT2D eigenvalue weighted by Gasteiger charge is 2.25. The minimum atomic E-state index is 0.00433. The van der Waals surface area contributed by atoms with E-state index in [1.54, 1.807) is 0 Å². The molecule has 1 amide bonds. The van der Waals surface area contributed by atoms with Gasteiger partial charge in [-0.15, -0.1) is 0 Å². The van der Waals surface area contributed by atoms with E-state index in [1.165, 1.54) is 12.8 Å². The zero-order valence-electron chi connectivity index (χ0n) is 16.4. The smallest absolute Gasteiger partial charge is 0.234 e. The number of hydrogen-bond acceptors (Lipinski definition) is 4. The van der Waals surface area contributed by atoms with Crippen LogP contribution in [0.4, 0.5) is 0 Å². The Morgan fingerprint density at radius 1 is 1.11 bits per heavy atom. The number of ether oxygens (including phenoxy) is 2. The van der Waals surface area contributed by atoms with Crippen molar-refractivity contribution < 1.29 is 14.3 Å². The second-order valence-electron chi connectivity index (χ2n) is 7.73. The van der Waals surface area contributed by atoms with Crippen molar-refractivity contribution in [2.75, 3.05) is 13.3 Å². The molecule has 1 fully saturated rings.